The molecule has 6 nitrogen and oxygen atoms in total. The molecule has 1 rings (SSSR count). The number of sulfonamides is 1. The van der Waals surface area contributed by atoms with Crippen LogP contribution in [0.5, 0.6) is 0 Å². The molecule has 0 aliphatic heterocycles. The van der Waals surface area contributed by atoms with Crippen LogP contribution in [-0.4, -0.2) is 36.5 Å². The molecule has 1 heterocycles. The van der Waals surface area contributed by atoms with E-state index in [4.69, 9.17) is 5.73 Å². The van der Waals surface area contributed by atoms with Crippen LogP contribution < -0.4 is 5.73 Å². The van der Waals surface area contributed by atoms with Gasteiger partial charge in [0.15, 0.2) is 0 Å². The number of nitrogen functional groups attached to an aromatic ring is 1. The molecular weight excluding hydrogens is 248 g/mol. The summed E-state index contributed by atoms with van der Waals surface area (Å²) in [6.07, 6.45) is 0.810. The Labute approximate surface area is 99.5 Å². The number of hydrogen-bond acceptors (Lipinski definition) is 6. The van der Waals surface area contributed by atoms with Crippen LogP contribution in [0.25, 0.3) is 0 Å². The summed E-state index contributed by atoms with van der Waals surface area (Å²) in [5, 5.41) is 7.21. The molecule has 2 N–H and O–H groups in total. The Bertz CT molecular complexity index is 441. The number of nitrogens with two attached hydrogens (primary N) is 1. The lowest BCUT2D eigenvalue weighted by molar-refractivity contribution is 0.427. The highest BCUT2D eigenvalue weighted by atomic mass is 32.2. The predicted octanol–water partition coefficient (Wildman–Crippen LogP) is 0.787. The molecule has 0 aliphatic carbocycles. The van der Waals surface area contributed by atoms with Crippen LogP contribution in [-0.2, 0) is 10.0 Å². The standard InChI is InChI=1S/C8H16N4O2S2/c1-6(2)4-5-12(3)16(13,14)8-11-10-7(9)15-8/h6H,4-5H2,1-3H3,(H2,9,10). The maximum atomic E-state index is 11.9. The van der Waals surface area contributed by atoms with Gasteiger partial charge >= 0.3 is 0 Å². The lowest BCUT2D eigenvalue weighted by Gasteiger charge is -2.15. The lowest BCUT2D eigenvalue weighted by Crippen LogP contribution is -2.28. The third-order valence-electron chi connectivity index (χ3n) is 2.07. The van der Waals surface area contributed by atoms with Gasteiger partial charge in [0.1, 0.15) is 0 Å². The Kier molecular flexibility index (Phi) is 4.22. The smallest absolute Gasteiger partial charge is 0.272 e. The Hall–Kier alpha value is -0.730. The Morgan fingerprint density at radius 1 is 1.44 bits per heavy atom. The second-order valence-electron chi connectivity index (χ2n) is 3.92. The highest BCUT2D eigenvalue weighted by molar-refractivity contribution is 7.91. The van der Waals surface area contributed by atoms with Crippen molar-refractivity contribution >= 4 is 26.5 Å². The van der Waals surface area contributed by atoms with Crippen molar-refractivity contribution in [3.05, 3.63) is 0 Å². The van der Waals surface area contributed by atoms with Gasteiger partial charge in [0, 0.05) is 13.6 Å². The molecule has 0 aromatic carbocycles. The fourth-order valence-corrected chi connectivity index (χ4v) is 3.18. The molecule has 0 aliphatic rings. The summed E-state index contributed by atoms with van der Waals surface area (Å²) in [7, 11) is -1.98. The van der Waals surface area contributed by atoms with Crippen molar-refractivity contribution in [2.45, 2.75) is 24.6 Å². The molecule has 8 heteroatoms. The first-order chi connectivity index (χ1) is 7.34. The first-order valence-electron chi connectivity index (χ1n) is 4.89. The molecule has 0 saturated carbocycles. The van der Waals surface area contributed by atoms with E-state index in [0.717, 1.165) is 17.8 Å². The predicted molar refractivity (Wildman–Crippen MR) is 63.6 cm³/mol. The van der Waals surface area contributed by atoms with Crippen LogP contribution in [0.2, 0.25) is 0 Å². The second kappa shape index (κ2) is 5.07. The van der Waals surface area contributed by atoms with Crippen molar-refractivity contribution in [3.8, 4) is 0 Å². The van der Waals surface area contributed by atoms with Crippen LogP contribution in [0.3, 0.4) is 0 Å². The minimum absolute atomic E-state index is 0.0451. The molecule has 1 aromatic heterocycles. The minimum Gasteiger partial charge on any atom is -0.374 e. The van der Waals surface area contributed by atoms with E-state index in [1.807, 2.05) is 13.8 Å². The normalized spacial score (nSPS) is 12.6. The molecule has 0 unspecified atom stereocenters. The fraction of sp³-hybridized carbons (Fsp3) is 0.750. The van der Waals surface area contributed by atoms with Crippen LogP contribution in [0.4, 0.5) is 5.13 Å². The summed E-state index contributed by atoms with van der Waals surface area (Å²) in [5.41, 5.74) is 5.36. The largest absolute Gasteiger partial charge is 0.374 e. The van der Waals surface area contributed by atoms with E-state index in [2.05, 4.69) is 10.2 Å². The SMILES string of the molecule is CC(C)CCN(C)S(=O)(=O)c1nnc(N)s1. The lowest BCUT2D eigenvalue weighted by atomic mass is 10.1. The number of nitrogens with zero attached hydrogens (tertiary/aromatic N) is 3. The molecule has 0 saturated heterocycles. The third-order valence-corrected chi connectivity index (χ3v) is 5.03. The monoisotopic (exact) mass is 264 g/mol. The van der Waals surface area contributed by atoms with Crippen LogP contribution in [0.15, 0.2) is 4.34 Å². The fourth-order valence-electron chi connectivity index (χ4n) is 1.02. The van der Waals surface area contributed by atoms with E-state index < -0.39 is 10.0 Å². The highest BCUT2D eigenvalue weighted by Crippen LogP contribution is 2.20. The van der Waals surface area contributed by atoms with Gasteiger partial charge in [0.05, 0.1) is 0 Å². The molecule has 16 heavy (non-hydrogen) atoms. The average molecular weight is 264 g/mol. The summed E-state index contributed by atoms with van der Waals surface area (Å²) in [4.78, 5) is 0. The first kappa shape index (κ1) is 13.3. The third kappa shape index (κ3) is 3.13. The molecule has 92 valence electrons. The van der Waals surface area contributed by atoms with Gasteiger partial charge < -0.3 is 5.73 Å². The van der Waals surface area contributed by atoms with Crippen molar-refractivity contribution in [2.24, 2.45) is 5.92 Å². The van der Waals surface area contributed by atoms with E-state index in [-0.39, 0.29) is 9.47 Å². The molecule has 0 amide bonds. The van der Waals surface area contributed by atoms with E-state index >= 15 is 0 Å². The summed E-state index contributed by atoms with van der Waals surface area (Å²) in [5.74, 6) is 0.456. The van der Waals surface area contributed by atoms with Gasteiger partial charge in [-0.2, -0.15) is 4.31 Å². The Morgan fingerprint density at radius 3 is 2.50 bits per heavy atom. The zero-order chi connectivity index (χ0) is 12.3. The number of rotatable bonds is 5. The topological polar surface area (TPSA) is 89.2 Å². The van der Waals surface area contributed by atoms with E-state index in [1.54, 1.807) is 0 Å². The highest BCUT2D eigenvalue weighted by Gasteiger charge is 2.24. The molecule has 1 aromatic rings. The molecule has 0 radical (unpaired) electrons. The van der Waals surface area contributed by atoms with E-state index in [9.17, 15) is 8.42 Å². The molecule has 0 spiro atoms. The number of anilines is 1. The van der Waals surface area contributed by atoms with Crippen molar-refractivity contribution in [1.29, 1.82) is 0 Å². The maximum Gasteiger partial charge on any atom is 0.272 e. The maximum absolute atomic E-state index is 11.9. The quantitative estimate of drug-likeness (QED) is 0.849. The number of aromatic nitrogens is 2. The van der Waals surface area contributed by atoms with Gasteiger partial charge in [0.25, 0.3) is 10.0 Å². The van der Waals surface area contributed by atoms with E-state index in [1.165, 1.54) is 11.4 Å². The van der Waals surface area contributed by atoms with Crippen molar-refractivity contribution in [1.82, 2.24) is 14.5 Å². The Morgan fingerprint density at radius 2 is 2.06 bits per heavy atom. The first-order valence-corrected chi connectivity index (χ1v) is 7.15. The van der Waals surface area contributed by atoms with Crippen molar-refractivity contribution < 1.29 is 8.42 Å². The summed E-state index contributed by atoms with van der Waals surface area (Å²) >= 11 is 0.883. The molecular formula is C8H16N4O2S2. The zero-order valence-electron chi connectivity index (χ0n) is 9.54. The van der Waals surface area contributed by atoms with Gasteiger partial charge in [-0.05, 0) is 12.3 Å². The van der Waals surface area contributed by atoms with Gasteiger partial charge in [0.2, 0.25) is 9.47 Å². The average Bonchev–Trinajstić information content (AvgIpc) is 2.61. The van der Waals surface area contributed by atoms with Gasteiger partial charge in [-0.1, -0.05) is 25.2 Å². The van der Waals surface area contributed by atoms with Crippen LogP contribution >= 0.6 is 11.3 Å². The van der Waals surface area contributed by atoms with Gasteiger partial charge in [-0.3, -0.25) is 0 Å². The van der Waals surface area contributed by atoms with Gasteiger partial charge in [-0.25, -0.2) is 8.42 Å². The van der Waals surface area contributed by atoms with Crippen LogP contribution in [0.1, 0.15) is 20.3 Å². The second-order valence-corrected chi connectivity index (χ2v) is 7.14. The summed E-state index contributed by atoms with van der Waals surface area (Å²) in [6.45, 7) is 4.56. The minimum atomic E-state index is -3.52. The molecule has 0 bridgehead atoms. The Balaban J connectivity index is 2.78. The van der Waals surface area contributed by atoms with Gasteiger partial charge in [-0.15, -0.1) is 10.2 Å². The van der Waals surface area contributed by atoms with E-state index in [0.29, 0.717) is 12.5 Å². The summed E-state index contributed by atoms with van der Waals surface area (Å²) in [6, 6.07) is 0. The molecule has 0 atom stereocenters. The van der Waals surface area contributed by atoms with Crippen molar-refractivity contribution in [3.63, 3.8) is 0 Å². The zero-order valence-corrected chi connectivity index (χ0v) is 11.2. The van der Waals surface area contributed by atoms with Crippen molar-refractivity contribution in [2.75, 3.05) is 19.3 Å². The van der Waals surface area contributed by atoms with Crippen LogP contribution in [0, 0.1) is 5.92 Å². The molecule has 0 fully saturated rings. The summed E-state index contributed by atoms with van der Waals surface area (Å²) < 4.78 is 25.1. The number of hydrogen-bond donors (Lipinski definition) is 1.